The first kappa shape index (κ1) is 19.0. The summed E-state index contributed by atoms with van der Waals surface area (Å²) >= 11 is 1.52. The van der Waals surface area contributed by atoms with Crippen molar-refractivity contribution in [2.24, 2.45) is 5.92 Å². The number of hydrogen-bond donors (Lipinski definition) is 1. The summed E-state index contributed by atoms with van der Waals surface area (Å²) in [5.74, 6) is -1.62. The van der Waals surface area contributed by atoms with E-state index in [1.54, 1.807) is 4.90 Å². The minimum Gasteiger partial charge on any atom is -0.350 e. The van der Waals surface area contributed by atoms with Crippen LogP contribution in [0, 0.1) is 17.6 Å². The molecule has 1 atom stereocenters. The average Bonchev–Trinajstić information content (AvgIpc) is 3.44. The highest BCUT2D eigenvalue weighted by molar-refractivity contribution is 7.09. The summed E-state index contributed by atoms with van der Waals surface area (Å²) in [4.78, 5) is 30.6. The first-order chi connectivity index (χ1) is 13.5. The maximum absolute atomic E-state index is 14.0. The highest BCUT2D eigenvalue weighted by Gasteiger charge is 2.30. The second-order valence-electron chi connectivity index (χ2n) is 7.38. The van der Waals surface area contributed by atoms with Crippen LogP contribution in [-0.4, -0.2) is 34.8 Å². The number of halogens is 2. The summed E-state index contributed by atoms with van der Waals surface area (Å²) in [5, 5.41) is 5.76. The van der Waals surface area contributed by atoms with Crippen molar-refractivity contribution < 1.29 is 18.4 Å². The van der Waals surface area contributed by atoms with Crippen LogP contribution in [0.3, 0.4) is 0 Å². The summed E-state index contributed by atoms with van der Waals surface area (Å²) in [6, 6.07) is 3.03. The lowest BCUT2D eigenvalue weighted by atomic mass is 9.98. The molecule has 8 heteroatoms. The van der Waals surface area contributed by atoms with E-state index in [1.807, 2.05) is 5.38 Å². The predicted molar refractivity (Wildman–Crippen MR) is 101 cm³/mol. The zero-order valence-electron chi connectivity index (χ0n) is 15.3. The first-order valence-corrected chi connectivity index (χ1v) is 10.4. The summed E-state index contributed by atoms with van der Waals surface area (Å²) in [7, 11) is 0. The van der Waals surface area contributed by atoms with Crippen molar-refractivity contribution in [3.63, 3.8) is 0 Å². The van der Waals surface area contributed by atoms with E-state index in [1.165, 1.54) is 17.4 Å². The van der Waals surface area contributed by atoms with Gasteiger partial charge >= 0.3 is 0 Å². The van der Waals surface area contributed by atoms with Crippen LogP contribution in [0.4, 0.5) is 8.78 Å². The normalized spacial score (nSPS) is 19.5. The van der Waals surface area contributed by atoms with Crippen LogP contribution in [0.25, 0.3) is 0 Å². The third-order valence-corrected chi connectivity index (χ3v) is 6.24. The van der Waals surface area contributed by atoms with Crippen molar-refractivity contribution in [3.05, 3.63) is 51.5 Å². The number of hydrogen-bond acceptors (Lipinski definition) is 4. The number of piperidine rings is 1. The molecule has 5 nitrogen and oxygen atoms in total. The molecule has 1 saturated heterocycles. The lowest BCUT2D eigenvalue weighted by molar-refractivity contribution is -0.122. The minimum atomic E-state index is -0.838. The average molecular weight is 405 g/mol. The fourth-order valence-corrected chi connectivity index (χ4v) is 4.40. The molecule has 0 radical (unpaired) electrons. The van der Waals surface area contributed by atoms with Gasteiger partial charge in [-0.15, -0.1) is 11.3 Å². The van der Waals surface area contributed by atoms with Gasteiger partial charge in [0.1, 0.15) is 11.6 Å². The highest BCUT2D eigenvalue weighted by atomic mass is 32.1. The predicted octanol–water partition coefficient (Wildman–Crippen LogP) is 3.47. The van der Waals surface area contributed by atoms with Gasteiger partial charge in [0, 0.05) is 36.4 Å². The molecule has 2 aliphatic rings. The molecule has 148 valence electrons. The number of amides is 2. The van der Waals surface area contributed by atoms with E-state index < -0.39 is 17.5 Å². The minimum absolute atomic E-state index is 0.0825. The lowest BCUT2D eigenvalue weighted by Gasteiger charge is -2.32. The maximum Gasteiger partial charge on any atom is 0.256 e. The molecule has 2 aromatic rings. The Hall–Kier alpha value is -2.35. The molecule has 2 amide bonds. The Balaban J connectivity index is 1.39. The van der Waals surface area contributed by atoms with Gasteiger partial charge in [0.2, 0.25) is 5.91 Å². The number of carbonyl (C=O) groups is 2. The standard InChI is InChI=1S/C20H21F2N3O2S/c21-14-5-6-16(17(22)8-14)20(27)25-7-1-2-13(10-25)19-24-15(11-28-19)9-23-18(26)12-3-4-12/h5-6,8,11-13H,1-4,7,9-10H2,(H,23,26). The van der Waals surface area contributed by atoms with Crippen molar-refractivity contribution in [2.75, 3.05) is 13.1 Å². The van der Waals surface area contributed by atoms with Crippen LogP contribution in [0.2, 0.25) is 0 Å². The van der Waals surface area contributed by atoms with Gasteiger partial charge in [-0.25, -0.2) is 13.8 Å². The Kier molecular flexibility index (Phi) is 5.39. The van der Waals surface area contributed by atoms with Crippen LogP contribution in [-0.2, 0) is 11.3 Å². The molecule has 0 spiro atoms. The molecular weight excluding hydrogens is 384 g/mol. The highest BCUT2D eigenvalue weighted by Crippen LogP contribution is 2.31. The number of benzene rings is 1. The van der Waals surface area contributed by atoms with Crippen molar-refractivity contribution >= 4 is 23.2 Å². The fraction of sp³-hybridized carbons (Fsp3) is 0.450. The molecule has 28 heavy (non-hydrogen) atoms. The van der Waals surface area contributed by atoms with Gasteiger partial charge in [-0.3, -0.25) is 9.59 Å². The summed E-state index contributed by atoms with van der Waals surface area (Å²) in [5.41, 5.74) is 0.715. The number of aromatic nitrogens is 1. The van der Waals surface area contributed by atoms with Gasteiger partial charge in [-0.1, -0.05) is 0 Å². The third-order valence-electron chi connectivity index (χ3n) is 5.18. The zero-order chi connectivity index (χ0) is 19.7. The number of thiazole rings is 1. The van der Waals surface area contributed by atoms with Crippen LogP contribution >= 0.6 is 11.3 Å². The second kappa shape index (κ2) is 7.95. The zero-order valence-corrected chi connectivity index (χ0v) is 16.1. The van der Waals surface area contributed by atoms with Crippen molar-refractivity contribution in [3.8, 4) is 0 Å². The van der Waals surface area contributed by atoms with E-state index in [0.717, 1.165) is 48.5 Å². The molecule has 1 saturated carbocycles. The van der Waals surface area contributed by atoms with Crippen molar-refractivity contribution in [1.82, 2.24) is 15.2 Å². The molecule has 1 aliphatic carbocycles. The van der Waals surface area contributed by atoms with Crippen molar-refractivity contribution in [1.29, 1.82) is 0 Å². The quantitative estimate of drug-likeness (QED) is 0.829. The van der Waals surface area contributed by atoms with Gasteiger partial charge in [0.25, 0.3) is 5.91 Å². The van der Waals surface area contributed by atoms with Crippen LogP contribution in [0.15, 0.2) is 23.6 Å². The molecule has 1 unspecified atom stereocenters. The van der Waals surface area contributed by atoms with E-state index in [2.05, 4.69) is 10.3 Å². The molecule has 1 N–H and O–H groups in total. The monoisotopic (exact) mass is 405 g/mol. The molecule has 1 aliphatic heterocycles. The number of likely N-dealkylation sites (tertiary alicyclic amines) is 1. The van der Waals surface area contributed by atoms with Crippen LogP contribution in [0.5, 0.6) is 0 Å². The number of nitrogens with zero attached hydrogens (tertiary/aromatic N) is 2. The Bertz CT molecular complexity index is 897. The van der Waals surface area contributed by atoms with E-state index in [-0.39, 0.29) is 23.3 Å². The van der Waals surface area contributed by atoms with E-state index >= 15 is 0 Å². The maximum atomic E-state index is 14.0. The fourth-order valence-electron chi connectivity index (χ4n) is 3.46. The van der Waals surface area contributed by atoms with Crippen LogP contribution < -0.4 is 5.32 Å². The third kappa shape index (κ3) is 4.22. The molecule has 4 rings (SSSR count). The SMILES string of the molecule is O=C(NCc1csc(C2CCCN(C(=O)c3ccc(F)cc3F)C2)n1)C1CC1. The summed E-state index contributed by atoms with van der Waals surface area (Å²) < 4.78 is 27.1. The van der Waals surface area contributed by atoms with E-state index in [9.17, 15) is 18.4 Å². The van der Waals surface area contributed by atoms with Gasteiger partial charge < -0.3 is 10.2 Å². The molecule has 0 bridgehead atoms. The first-order valence-electron chi connectivity index (χ1n) is 9.47. The Labute approximate surface area is 165 Å². The molecule has 1 aromatic heterocycles. The van der Waals surface area contributed by atoms with Crippen molar-refractivity contribution in [2.45, 2.75) is 38.1 Å². The Morgan fingerprint density at radius 3 is 2.82 bits per heavy atom. The van der Waals surface area contributed by atoms with Gasteiger partial charge in [0.05, 0.1) is 22.8 Å². The second-order valence-corrected chi connectivity index (χ2v) is 8.27. The van der Waals surface area contributed by atoms with Gasteiger partial charge in [-0.2, -0.15) is 0 Å². The molecule has 1 aromatic carbocycles. The van der Waals surface area contributed by atoms with E-state index in [4.69, 9.17) is 0 Å². The molecule has 2 fully saturated rings. The van der Waals surface area contributed by atoms with E-state index in [0.29, 0.717) is 19.6 Å². The van der Waals surface area contributed by atoms with Gasteiger partial charge in [-0.05, 0) is 37.8 Å². The number of rotatable bonds is 5. The Morgan fingerprint density at radius 2 is 2.07 bits per heavy atom. The molecule has 2 heterocycles. The largest absolute Gasteiger partial charge is 0.350 e. The smallest absolute Gasteiger partial charge is 0.256 e. The summed E-state index contributed by atoms with van der Waals surface area (Å²) in [6.45, 7) is 1.42. The number of nitrogens with one attached hydrogen (secondary N) is 1. The van der Waals surface area contributed by atoms with Gasteiger partial charge in [0.15, 0.2) is 0 Å². The molecular formula is C20H21F2N3O2S. The summed E-state index contributed by atoms with van der Waals surface area (Å²) in [6.07, 6.45) is 3.63. The topological polar surface area (TPSA) is 62.3 Å². The van der Waals surface area contributed by atoms with Crippen LogP contribution in [0.1, 0.15) is 52.7 Å². The number of carbonyl (C=O) groups excluding carboxylic acids is 2. The lowest BCUT2D eigenvalue weighted by Crippen LogP contribution is -2.39. The Morgan fingerprint density at radius 1 is 1.25 bits per heavy atom.